The summed E-state index contributed by atoms with van der Waals surface area (Å²) in [6, 6.07) is 17.3. The lowest BCUT2D eigenvalue weighted by atomic mass is 10.0. The molecule has 0 saturated carbocycles. The maximum Gasteiger partial charge on any atom is 0.410 e. The van der Waals surface area contributed by atoms with E-state index in [0.717, 1.165) is 26.7 Å². The van der Waals surface area contributed by atoms with Crippen molar-refractivity contribution >= 4 is 74.8 Å². The zero-order valence-corrected chi connectivity index (χ0v) is 27.3. The number of thioether (sulfide) groups is 1. The van der Waals surface area contributed by atoms with E-state index in [0.29, 0.717) is 41.6 Å². The van der Waals surface area contributed by atoms with Gasteiger partial charge in [-0.3, -0.25) is 4.79 Å². The number of benzene rings is 2. The summed E-state index contributed by atoms with van der Waals surface area (Å²) in [5.41, 5.74) is 2.21. The van der Waals surface area contributed by atoms with Crippen molar-refractivity contribution < 1.29 is 23.9 Å². The molecule has 0 spiro atoms. The third-order valence-corrected chi connectivity index (χ3v) is 9.09. The third-order valence-electron chi connectivity index (χ3n) is 6.40. The van der Waals surface area contributed by atoms with Crippen LogP contribution in [-0.2, 0) is 27.2 Å². The second-order valence-corrected chi connectivity index (χ2v) is 13.6. The number of nitrogens with one attached hydrogen (secondary N) is 3. The quantitative estimate of drug-likeness (QED) is 0.134. The maximum atomic E-state index is 13.5. The lowest BCUT2D eigenvalue weighted by Crippen LogP contribution is -2.39. The molecule has 9 nitrogen and oxygen atoms in total. The molecule has 1 aliphatic heterocycles. The number of carbonyl (C=O) groups is 3. The summed E-state index contributed by atoms with van der Waals surface area (Å²) in [4.78, 5) is 42.3. The summed E-state index contributed by atoms with van der Waals surface area (Å²) in [6.45, 7) is 8.10. The molecule has 43 heavy (non-hydrogen) atoms. The first kappa shape index (κ1) is 32.3. The van der Waals surface area contributed by atoms with Crippen LogP contribution in [0.15, 0.2) is 59.5 Å². The summed E-state index contributed by atoms with van der Waals surface area (Å²) < 4.78 is 10.6. The number of methoxy groups -OCH3 is 1. The van der Waals surface area contributed by atoms with Gasteiger partial charge in [-0.15, -0.1) is 23.1 Å². The van der Waals surface area contributed by atoms with Crippen molar-refractivity contribution in [2.24, 2.45) is 0 Å². The van der Waals surface area contributed by atoms with E-state index in [1.54, 1.807) is 4.90 Å². The minimum absolute atomic E-state index is 0.222. The SMILES string of the molecule is CCC(Sc1cccc(NC(=S)Nc2ccccc2)c1)C(=O)Nc1sc2c(c1C(=O)OC)CCN(C(=O)OC(C)(C)C)C2. The highest BCUT2D eigenvalue weighted by Crippen LogP contribution is 2.39. The third kappa shape index (κ3) is 8.71. The van der Waals surface area contributed by atoms with Crippen LogP contribution in [0.2, 0.25) is 0 Å². The highest BCUT2D eigenvalue weighted by Gasteiger charge is 2.33. The monoisotopic (exact) mass is 640 g/mol. The number of esters is 1. The van der Waals surface area contributed by atoms with Crippen molar-refractivity contribution in [3.05, 3.63) is 70.6 Å². The van der Waals surface area contributed by atoms with Gasteiger partial charge in [0.05, 0.1) is 24.5 Å². The Labute approximate surface area is 265 Å². The van der Waals surface area contributed by atoms with Gasteiger partial charge in [0.15, 0.2) is 5.11 Å². The number of anilines is 3. The number of ether oxygens (including phenoxy) is 2. The van der Waals surface area contributed by atoms with Gasteiger partial charge in [0, 0.05) is 27.7 Å². The largest absolute Gasteiger partial charge is 0.465 e. The Morgan fingerprint density at radius 2 is 1.74 bits per heavy atom. The number of fused-ring (bicyclic) bond motifs is 1. The summed E-state index contributed by atoms with van der Waals surface area (Å²) in [5.74, 6) is -0.738. The fraction of sp³-hybridized carbons (Fsp3) is 0.355. The first-order chi connectivity index (χ1) is 20.5. The molecule has 12 heteroatoms. The van der Waals surface area contributed by atoms with Crippen LogP contribution in [0.4, 0.5) is 21.2 Å². The van der Waals surface area contributed by atoms with Crippen molar-refractivity contribution in [3.63, 3.8) is 0 Å². The minimum atomic E-state index is -0.615. The standard InChI is InChI=1S/C31H36N4O5S3/c1-6-23(42-21-14-10-13-20(17-21)33-29(41)32-19-11-8-7-9-12-19)26(36)34-27-25(28(37)39-5)22-15-16-35(18-24(22)43-27)30(38)40-31(2,3)4/h7-14,17,23H,6,15-16,18H2,1-5H3,(H,34,36)(H2,32,33,41). The number of thiophene rings is 1. The topological polar surface area (TPSA) is 109 Å². The Balaban J connectivity index is 1.45. The molecule has 228 valence electrons. The second kappa shape index (κ2) is 14.2. The van der Waals surface area contributed by atoms with Crippen molar-refractivity contribution in [1.82, 2.24) is 4.90 Å². The predicted molar refractivity (Wildman–Crippen MR) is 177 cm³/mol. The summed E-state index contributed by atoms with van der Waals surface area (Å²) >= 11 is 8.18. The first-order valence-electron chi connectivity index (χ1n) is 13.9. The lowest BCUT2D eigenvalue weighted by Gasteiger charge is -2.30. The Morgan fingerprint density at radius 1 is 1.05 bits per heavy atom. The van der Waals surface area contributed by atoms with Crippen molar-refractivity contribution in [3.8, 4) is 0 Å². The van der Waals surface area contributed by atoms with Crippen LogP contribution in [0, 0.1) is 0 Å². The number of hydrogen-bond acceptors (Lipinski definition) is 8. The molecular formula is C31H36N4O5S3. The average molecular weight is 641 g/mol. The van der Waals surface area contributed by atoms with Crippen molar-refractivity contribution in [2.75, 3.05) is 29.6 Å². The van der Waals surface area contributed by atoms with Crippen LogP contribution in [0.25, 0.3) is 0 Å². The average Bonchev–Trinajstić information content (AvgIpc) is 3.32. The van der Waals surface area contributed by atoms with Gasteiger partial charge in [-0.25, -0.2) is 9.59 Å². The van der Waals surface area contributed by atoms with E-state index in [9.17, 15) is 14.4 Å². The fourth-order valence-corrected chi connectivity index (χ4v) is 6.94. The van der Waals surface area contributed by atoms with Crippen molar-refractivity contribution in [2.45, 2.75) is 62.8 Å². The smallest absolute Gasteiger partial charge is 0.410 e. The number of amides is 2. The minimum Gasteiger partial charge on any atom is -0.465 e. The van der Waals surface area contributed by atoms with E-state index in [4.69, 9.17) is 21.7 Å². The van der Waals surface area contributed by atoms with E-state index >= 15 is 0 Å². The van der Waals surface area contributed by atoms with Crippen LogP contribution in [0.3, 0.4) is 0 Å². The maximum absolute atomic E-state index is 13.5. The highest BCUT2D eigenvalue weighted by molar-refractivity contribution is 8.00. The molecule has 3 aromatic rings. The first-order valence-corrected chi connectivity index (χ1v) is 16.0. The van der Waals surface area contributed by atoms with Crippen molar-refractivity contribution in [1.29, 1.82) is 0 Å². The van der Waals surface area contributed by atoms with E-state index in [-0.39, 0.29) is 5.91 Å². The van der Waals surface area contributed by atoms with Gasteiger partial charge < -0.3 is 30.3 Å². The van der Waals surface area contributed by atoms with Crippen LogP contribution < -0.4 is 16.0 Å². The van der Waals surface area contributed by atoms with Crippen LogP contribution in [-0.4, -0.2) is 52.5 Å². The molecule has 1 atom stereocenters. The number of hydrogen-bond donors (Lipinski definition) is 3. The van der Waals surface area contributed by atoms with Gasteiger partial charge in [-0.2, -0.15) is 0 Å². The van der Waals surface area contributed by atoms with E-state index in [1.165, 1.54) is 30.2 Å². The molecule has 2 aromatic carbocycles. The van der Waals surface area contributed by atoms with Gasteiger partial charge in [-0.1, -0.05) is 31.2 Å². The Hall–Kier alpha value is -3.61. The molecule has 0 radical (unpaired) electrons. The molecule has 0 fully saturated rings. The van der Waals surface area contributed by atoms with Gasteiger partial charge in [0.25, 0.3) is 0 Å². The normalized spacial score (nSPS) is 13.4. The molecule has 0 aliphatic carbocycles. The molecule has 2 heterocycles. The van der Waals surface area contributed by atoms with E-state index < -0.39 is 22.9 Å². The number of thiocarbonyl (C=S) groups is 1. The van der Waals surface area contributed by atoms with Gasteiger partial charge >= 0.3 is 12.1 Å². The molecule has 0 saturated heterocycles. The van der Waals surface area contributed by atoms with Gasteiger partial charge in [0.1, 0.15) is 10.6 Å². The molecule has 1 aliphatic rings. The van der Waals surface area contributed by atoms with Gasteiger partial charge in [0.2, 0.25) is 5.91 Å². The predicted octanol–water partition coefficient (Wildman–Crippen LogP) is 7.15. The van der Waals surface area contributed by atoms with Gasteiger partial charge in [-0.05, 0) is 81.7 Å². The molecule has 4 rings (SSSR count). The number of carbonyl (C=O) groups excluding carboxylic acids is 3. The summed E-state index contributed by atoms with van der Waals surface area (Å²) in [7, 11) is 1.32. The number of nitrogens with zero attached hydrogens (tertiary/aromatic N) is 1. The fourth-order valence-electron chi connectivity index (χ4n) is 4.43. The molecule has 0 bridgehead atoms. The molecule has 1 aromatic heterocycles. The molecule has 3 N–H and O–H groups in total. The van der Waals surface area contributed by atoms with Crippen LogP contribution in [0.1, 0.15) is 54.9 Å². The van der Waals surface area contributed by atoms with Crippen LogP contribution >= 0.6 is 35.3 Å². The number of para-hydroxylation sites is 1. The lowest BCUT2D eigenvalue weighted by molar-refractivity contribution is -0.115. The van der Waals surface area contributed by atoms with Crippen LogP contribution in [0.5, 0.6) is 0 Å². The highest BCUT2D eigenvalue weighted by atomic mass is 32.2. The molecule has 2 amide bonds. The Morgan fingerprint density at radius 3 is 2.42 bits per heavy atom. The Bertz CT molecular complexity index is 1490. The zero-order chi connectivity index (χ0) is 31.1. The second-order valence-electron chi connectivity index (χ2n) is 10.8. The zero-order valence-electron chi connectivity index (χ0n) is 24.8. The summed E-state index contributed by atoms with van der Waals surface area (Å²) in [6.07, 6.45) is 0.609. The van der Waals surface area contributed by atoms with E-state index in [2.05, 4.69) is 16.0 Å². The number of rotatable bonds is 8. The Kier molecular flexibility index (Phi) is 10.7. The molecule has 1 unspecified atom stereocenters. The van der Waals surface area contributed by atoms with E-state index in [1.807, 2.05) is 82.3 Å². The summed E-state index contributed by atoms with van der Waals surface area (Å²) in [5, 5.41) is 9.79. The molecular weight excluding hydrogens is 605 g/mol.